The lowest BCUT2D eigenvalue weighted by Crippen LogP contribution is -2.41. The van der Waals surface area contributed by atoms with Crippen LogP contribution in [0, 0.1) is 5.41 Å². The first-order valence-electron chi connectivity index (χ1n) is 9.82. The molecule has 3 aromatic rings. The fraction of sp³-hybridized carbons (Fsp3) is 0.167. The Balaban J connectivity index is 1.63. The number of halogens is 2. The summed E-state index contributed by atoms with van der Waals surface area (Å²) in [5.74, 6) is -0.765. The molecule has 0 unspecified atom stereocenters. The minimum absolute atomic E-state index is 0.272. The van der Waals surface area contributed by atoms with Crippen LogP contribution in [0.25, 0.3) is 0 Å². The fourth-order valence-corrected chi connectivity index (χ4v) is 4.72. The number of hydrogen-bond donors (Lipinski definition) is 0. The van der Waals surface area contributed by atoms with Gasteiger partial charge in [0.15, 0.2) is 6.10 Å². The molecule has 5 rings (SSSR count). The molecule has 2 saturated heterocycles. The highest BCUT2D eigenvalue weighted by atomic mass is 35.5. The van der Waals surface area contributed by atoms with E-state index in [1.54, 1.807) is 24.1 Å². The summed E-state index contributed by atoms with van der Waals surface area (Å²) in [6.07, 6.45) is -0.972. The van der Waals surface area contributed by atoms with E-state index in [4.69, 9.17) is 28.0 Å². The van der Waals surface area contributed by atoms with Crippen molar-refractivity contribution >= 4 is 46.4 Å². The lowest BCUT2D eigenvalue weighted by Gasteiger charge is -2.32. The number of carbonyl (C=O) groups is 2. The fourth-order valence-electron chi connectivity index (χ4n) is 4.43. The van der Waals surface area contributed by atoms with Crippen LogP contribution in [0.3, 0.4) is 0 Å². The molecule has 3 aromatic carbocycles. The Morgan fingerprint density at radius 2 is 1.48 bits per heavy atom. The van der Waals surface area contributed by atoms with Gasteiger partial charge in [-0.25, -0.2) is 9.96 Å². The Kier molecular flexibility index (Phi) is 4.77. The van der Waals surface area contributed by atoms with Crippen LogP contribution in [0.5, 0.6) is 0 Å². The zero-order valence-electron chi connectivity index (χ0n) is 16.5. The topological polar surface area (TPSA) is 49.9 Å². The number of hydrogen-bond acceptors (Lipinski definition) is 4. The molecule has 2 aliphatic heterocycles. The molecule has 0 radical (unpaired) electrons. The Morgan fingerprint density at radius 1 is 0.839 bits per heavy atom. The Hall–Kier alpha value is -2.86. The van der Waals surface area contributed by atoms with Crippen LogP contribution in [0.1, 0.15) is 18.5 Å². The second-order valence-corrected chi connectivity index (χ2v) is 8.63. The summed E-state index contributed by atoms with van der Waals surface area (Å²) in [5.41, 5.74) is 0.893. The van der Waals surface area contributed by atoms with Crippen LogP contribution in [-0.4, -0.2) is 17.9 Å². The Bertz CT molecular complexity index is 1170. The number of para-hydroxylation sites is 1. The van der Waals surface area contributed by atoms with Gasteiger partial charge in [0, 0.05) is 0 Å². The van der Waals surface area contributed by atoms with E-state index in [9.17, 15) is 9.59 Å². The summed E-state index contributed by atoms with van der Waals surface area (Å²) in [6.45, 7) is 1.79. The molecule has 7 heteroatoms. The number of hydroxylamine groups is 1. The second-order valence-electron chi connectivity index (χ2n) is 7.82. The van der Waals surface area contributed by atoms with E-state index in [-0.39, 0.29) is 10.9 Å². The van der Waals surface area contributed by atoms with E-state index >= 15 is 0 Å². The van der Waals surface area contributed by atoms with E-state index in [1.807, 2.05) is 60.7 Å². The number of fused-ring (bicyclic) bond motifs is 1. The van der Waals surface area contributed by atoms with Crippen molar-refractivity contribution in [3.8, 4) is 0 Å². The van der Waals surface area contributed by atoms with E-state index in [0.29, 0.717) is 10.7 Å². The van der Waals surface area contributed by atoms with Crippen LogP contribution in [0.4, 0.5) is 11.4 Å². The molecule has 2 amide bonds. The molecule has 0 spiro atoms. The monoisotopic (exact) mass is 452 g/mol. The molecule has 0 saturated carbocycles. The maximum atomic E-state index is 13.8. The maximum Gasteiger partial charge on any atom is 0.266 e. The summed E-state index contributed by atoms with van der Waals surface area (Å²) in [4.78, 5) is 34.6. The Labute approximate surface area is 189 Å². The third kappa shape index (κ3) is 2.96. The molecule has 3 atom stereocenters. The van der Waals surface area contributed by atoms with Gasteiger partial charge in [-0.05, 0) is 42.8 Å². The number of imide groups is 1. The van der Waals surface area contributed by atoms with Crippen LogP contribution < -0.4 is 9.96 Å². The van der Waals surface area contributed by atoms with Crippen LogP contribution in [-0.2, 0) is 14.4 Å². The van der Waals surface area contributed by atoms with Gasteiger partial charge >= 0.3 is 0 Å². The van der Waals surface area contributed by atoms with E-state index in [0.717, 1.165) is 16.2 Å². The van der Waals surface area contributed by atoms with Gasteiger partial charge in [-0.2, -0.15) is 0 Å². The first-order chi connectivity index (χ1) is 14.9. The highest BCUT2D eigenvalue weighted by molar-refractivity contribution is 6.42. The van der Waals surface area contributed by atoms with Crippen molar-refractivity contribution in [3.05, 3.63) is 94.5 Å². The number of carbonyl (C=O) groups excluding carboxylic acids is 2. The van der Waals surface area contributed by atoms with Crippen molar-refractivity contribution in [1.29, 1.82) is 0 Å². The SMILES string of the molecule is C[C@]12C(=O)N(c3ccc(Cl)c(Cl)c3)C(=O)[C@H]1ON(c1ccccc1)[C@@H]2c1ccccc1. The summed E-state index contributed by atoms with van der Waals surface area (Å²) in [5, 5.41) is 2.31. The van der Waals surface area contributed by atoms with Crippen LogP contribution in [0.2, 0.25) is 10.0 Å². The molecule has 0 aliphatic carbocycles. The number of anilines is 2. The molecule has 2 aliphatic rings. The number of rotatable bonds is 3. The molecule has 5 nitrogen and oxygen atoms in total. The minimum atomic E-state index is -1.14. The van der Waals surface area contributed by atoms with Crippen molar-refractivity contribution in [2.45, 2.75) is 19.1 Å². The second kappa shape index (κ2) is 7.38. The molecule has 31 heavy (non-hydrogen) atoms. The van der Waals surface area contributed by atoms with Gasteiger partial charge in [0.2, 0.25) is 5.91 Å². The minimum Gasteiger partial charge on any atom is -0.273 e. The third-order valence-corrected chi connectivity index (χ3v) is 6.70. The van der Waals surface area contributed by atoms with Gasteiger partial charge in [0.1, 0.15) is 5.41 Å². The normalized spacial score (nSPS) is 25.3. The first kappa shape index (κ1) is 20.1. The largest absolute Gasteiger partial charge is 0.273 e. The van der Waals surface area contributed by atoms with Crippen molar-refractivity contribution in [2.24, 2.45) is 5.41 Å². The number of nitrogens with zero attached hydrogens (tertiary/aromatic N) is 2. The lowest BCUT2D eigenvalue weighted by atomic mass is 9.76. The van der Waals surface area contributed by atoms with Gasteiger partial charge in [-0.1, -0.05) is 71.7 Å². The van der Waals surface area contributed by atoms with Gasteiger partial charge < -0.3 is 0 Å². The lowest BCUT2D eigenvalue weighted by molar-refractivity contribution is -0.128. The van der Waals surface area contributed by atoms with Gasteiger partial charge in [-0.3, -0.25) is 14.4 Å². The maximum absolute atomic E-state index is 13.8. The summed E-state index contributed by atoms with van der Waals surface area (Å²) in [7, 11) is 0. The van der Waals surface area contributed by atoms with E-state index < -0.39 is 23.5 Å². The van der Waals surface area contributed by atoms with Gasteiger partial charge in [-0.15, -0.1) is 0 Å². The van der Waals surface area contributed by atoms with Gasteiger partial charge in [0.05, 0.1) is 27.5 Å². The zero-order chi connectivity index (χ0) is 21.8. The highest BCUT2D eigenvalue weighted by Gasteiger charge is 2.68. The van der Waals surface area contributed by atoms with Crippen molar-refractivity contribution in [2.75, 3.05) is 9.96 Å². The average Bonchev–Trinajstić information content (AvgIpc) is 3.20. The number of amides is 2. The molecular formula is C24H18Cl2N2O3. The predicted octanol–water partition coefficient (Wildman–Crippen LogP) is 5.43. The summed E-state index contributed by atoms with van der Waals surface area (Å²) >= 11 is 12.2. The van der Waals surface area contributed by atoms with Crippen LogP contribution >= 0.6 is 23.2 Å². The Morgan fingerprint density at radius 3 is 2.13 bits per heavy atom. The molecule has 2 fully saturated rings. The molecule has 2 heterocycles. The quantitative estimate of drug-likeness (QED) is 0.496. The molecule has 0 bridgehead atoms. The van der Waals surface area contributed by atoms with Crippen LogP contribution in [0.15, 0.2) is 78.9 Å². The predicted molar refractivity (Wildman–Crippen MR) is 120 cm³/mol. The third-order valence-electron chi connectivity index (χ3n) is 5.96. The van der Waals surface area contributed by atoms with Crippen molar-refractivity contribution < 1.29 is 14.4 Å². The van der Waals surface area contributed by atoms with Crippen molar-refractivity contribution in [3.63, 3.8) is 0 Å². The van der Waals surface area contributed by atoms with E-state index in [1.165, 1.54) is 6.07 Å². The summed E-state index contributed by atoms with van der Waals surface area (Å²) < 4.78 is 0. The molecule has 0 N–H and O–H groups in total. The average molecular weight is 453 g/mol. The van der Waals surface area contributed by atoms with Gasteiger partial charge in [0.25, 0.3) is 5.91 Å². The zero-order valence-corrected chi connectivity index (χ0v) is 18.0. The highest BCUT2D eigenvalue weighted by Crippen LogP contribution is 2.55. The summed E-state index contributed by atoms with van der Waals surface area (Å²) in [6, 6.07) is 23.3. The smallest absolute Gasteiger partial charge is 0.266 e. The first-order valence-corrected chi connectivity index (χ1v) is 10.6. The molecule has 156 valence electrons. The standard InChI is InChI=1S/C24H18Cl2N2O3/c1-24-20(15-8-4-2-5-9-15)28(16-10-6-3-7-11-16)31-21(24)22(29)27(23(24)30)17-12-13-18(25)19(26)14-17/h2-14,20-21H,1H3/t20-,21-,24-/m1/s1. The van der Waals surface area contributed by atoms with Crippen molar-refractivity contribution in [1.82, 2.24) is 0 Å². The molecular weight excluding hydrogens is 435 g/mol. The number of benzene rings is 3. The van der Waals surface area contributed by atoms with E-state index in [2.05, 4.69) is 0 Å². The molecule has 0 aromatic heterocycles.